The lowest BCUT2D eigenvalue weighted by molar-refractivity contribution is 0.392. The van der Waals surface area contributed by atoms with E-state index in [4.69, 9.17) is 4.74 Å². The van der Waals surface area contributed by atoms with Crippen LogP contribution in [0.1, 0.15) is 5.56 Å². The van der Waals surface area contributed by atoms with Crippen molar-refractivity contribution in [2.45, 2.75) is 6.42 Å². The number of aliphatic imine (C=N–C) groups is 1. The molecule has 1 heterocycles. The van der Waals surface area contributed by atoms with Crippen LogP contribution in [0.25, 0.3) is 0 Å². The SMILES string of the molecule is COc1ncccc1CCN=C=O. The molecule has 0 aromatic carbocycles. The van der Waals surface area contributed by atoms with Gasteiger partial charge in [-0.05, 0) is 12.5 Å². The van der Waals surface area contributed by atoms with E-state index >= 15 is 0 Å². The molecule has 68 valence electrons. The highest BCUT2D eigenvalue weighted by molar-refractivity contribution is 5.33. The first-order valence-corrected chi connectivity index (χ1v) is 3.90. The second-order valence-electron chi connectivity index (χ2n) is 2.39. The summed E-state index contributed by atoms with van der Waals surface area (Å²) in [5.74, 6) is 0.587. The molecule has 0 N–H and O–H groups in total. The van der Waals surface area contributed by atoms with Gasteiger partial charge in [0.25, 0.3) is 0 Å². The largest absolute Gasteiger partial charge is 0.481 e. The standard InChI is InChI=1S/C9H10N2O2/c1-13-9-8(3-2-5-11-9)4-6-10-7-12/h2-3,5H,4,6H2,1H3. The third-order valence-electron chi connectivity index (χ3n) is 1.60. The van der Waals surface area contributed by atoms with Crippen molar-refractivity contribution in [1.82, 2.24) is 4.98 Å². The molecule has 0 amide bonds. The second kappa shape index (κ2) is 5.06. The topological polar surface area (TPSA) is 51.6 Å². The normalized spacial score (nSPS) is 9.00. The van der Waals surface area contributed by atoms with E-state index in [2.05, 4.69) is 9.98 Å². The minimum absolute atomic E-state index is 0.422. The molecule has 0 aliphatic carbocycles. The predicted molar refractivity (Wildman–Crippen MR) is 47.5 cm³/mol. The highest BCUT2D eigenvalue weighted by atomic mass is 16.5. The van der Waals surface area contributed by atoms with Gasteiger partial charge in [0, 0.05) is 11.8 Å². The molecule has 0 atom stereocenters. The quantitative estimate of drug-likeness (QED) is 0.510. The number of ether oxygens (including phenoxy) is 1. The minimum Gasteiger partial charge on any atom is -0.481 e. The van der Waals surface area contributed by atoms with E-state index in [1.165, 1.54) is 6.08 Å². The van der Waals surface area contributed by atoms with E-state index in [0.717, 1.165) is 5.56 Å². The second-order valence-corrected chi connectivity index (χ2v) is 2.39. The Morgan fingerprint density at radius 1 is 1.69 bits per heavy atom. The molecule has 1 rings (SSSR count). The van der Waals surface area contributed by atoms with E-state index < -0.39 is 0 Å². The molecule has 0 saturated carbocycles. The van der Waals surface area contributed by atoms with Crippen molar-refractivity contribution in [3.8, 4) is 5.88 Å². The summed E-state index contributed by atoms with van der Waals surface area (Å²) in [5, 5.41) is 0. The third-order valence-corrected chi connectivity index (χ3v) is 1.60. The van der Waals surface area contributed by atoms with E-state index in [1.807, 2.05) is 12.1 Å². The number of carbonyl (C=O) groups excluding carboxylic acids is 1. The van der Waals surface area contributed by atoms with Gasteiger partial charge in [0.05, 0.1) is 13.7 Å². The minimum atomic E-state index is 0.422. The van der Waals surface area contributed by atoms with Gasteiger partial charge < -0.3 is 4.74 Å². The van der Waals surface area contributed by atoms with Crippen molar-refractivity contribution in [3.05, 3.63) is 23.9 Å². The summed E-state index contributed by atoms with van der Waals surface area (Å²) in [7, 11) is 1.56. The smallest absolute Gasteiger partial charge is 0.234 e. The number of rotatable bonds is 4. The number of hydrogen-bond acceptors (Lipinski definition) is 4. The van der Waals surface area contributed by atoms with Crippen molar-refractivity contribution in [2.75, 3.05) is 13.7 Å². The molecule has 13 heavy (non-hydrogen) atoms. The predicted octanol–water partition coefficient (Wildman–Crippen LogP) is 0.968. The number of isocyanates is 1. The van der Waals surface area contributed by atoms with Gasteiger partial charge in [-0.2, -0.15) is 0 Å². The van der Waals surface area contributed by atoms with Gasteiger partial charge in [-0.25, -0.2) is 14.8 Å². The van der Waals surface area contributed by atoms with Crippen molar-refractivity contribution >= 4 is 6.08 Å². The molecule has 4 heteroatoms. The van der Waals surface area contributed by atoms with Crippen LogP contribution >= 0.6 is 0 Å². The molecule has 0 aliphatic rings. The Morgan fingerprint density at radius 3 is 3.23 bits per heavy atom. The molecule has 0 saturated heterocycles. The lowest BCUT2D eigenvalue weighted by Gasteiger charge is -2.03. The molecule has 0 spiro atoms. The van der Waals surface area contributed by atoms with Gasteiger partial charge in [0.2, 0.25) is 12.0 Å². The van der Waals surface area contributed by atoms with Crippen molar-refractivity contribution < 1.29 is 9.53 Å². The van der Waals surface area contributed by atoms with Crippen LogP contribution in [0.3, 0.4) is 0 Å². The fourth-order valence-corrected chi connectivity index (χ4v) is 1.02. The zero-order valence-corrected chi connectivity index (χ0v) is 7.36. The van der Waals surface area contributed by atoms with Crippen molar-refractivity contribution in [1.29, 1.82) is 0 Å². The van der Waals surface area contributed by atoms with Crippen LogP contribution in [0.15, 0.2) is 23.3 Å². The van der Waals surface area contributed by atoms with Crippen LogP contribution in [-0.2, 0) is 11.2 Å². The summed E-state index contributed by atoms with van der Waals surface area (Å²) >= 11 is 0. The average Bonchev–Trinajstić information content (AvgIpc) is 2.19. The molecule has 4 nitrogen and oxygen atoms in total. The summed E-state index contributed by atoms with van der Waals surface area (Å²) in [5.41, 5.74) is 0.948. The maximum Gasteiger partial charge on any atom is 0.234 e. The Kier molecular flexibility index (Phi) is 3.67. The molecular formula is C9H10N2O2. The first-order chi connectivity index (χ1) is 6.38. The lowest BCUT2D eigenvalue weighted by atomic mass is 10.2. The Morgan fingerprint density at radius 2 is 2.54 bits per heavy atom. The van der Waals surface area contributed by atoms with E-state index in [9.17, 15) is 4.79 Å². The fourth-order valence-electron chi connectivity index (χ4n) is 1.02. The van der Waals surface area contributed by atoms with Crippen LogP contribution in [0.5, 0.6) is 5.88 Å². The average molecular weight is 178 g/mol. The van der Waals surface area contributed by atoms with Gasteiger partial charge in [0.15, 0.2) is 0 Å². The molecular weight excluding hydrogens is 168 g/mol. The maximum atomic E-state index is 9.81. The van der Waals surface area contributed by atoms with Crippen molar-refractivity contribution in [2.24, 2.45) is 4.99 Å². The van der Waals surface area contributed by atoms with Crippen molar-refractivity contribution in [3.63, 3.8) is 0 Å². The van der Waals surface area contributed by atoms with E-state index in [-0.39, 0.29) is 0 Å². The summed E-state index contributed by atoms with van der Waals surface area (Å²) < 4.78 is 5.02. The molecule has 0 aliphatic heterocycles. The van der Waals surface area contributed by atoms with E-state index in [0.29, 0.717) is 18.8 Å². The van der Waals surface area contributed by atoms with Gasteiger partial charge in [0.1, 0.15) is 0 Å². The van der Waals surface area contributed by atoms with Gasteiger partial charge in [-0.3, -0.25) is 0 Å². The summed E-state index contributed by atoms with van der Waals surface area (Å²) in [6, 6.07) is 3.72. The van der Waals surface area contributed by atoms with Gasteiger partial charge in [-0.1, -0.05) is 6.07 Å². The number of nitrogens with zero attached hydrogens (tertiary/aromatic N) is 2. The van der Waals surface area contributed by atoms with E-state index in [1.54, 1.807) is 13.3 Å². The first-order valence-electron chi connectivity index (χ1n) is 3.90. The van der Waals surface area contributed by atoms with Crippen LogP contribution in [-0.4, -0.2) is 24.7 Å². The summed E-state index contributed by atoms with van der Waals surface area (Å²) in [4.78, 5) is 17.3. The first kappa shape index (κ1) is 9.42. The van der Waals surface area contributed by atoms with Gasteiger partial charge >= 0.3 is 0 Å². The highest BCUT2D eigenvalue weighted by Crippen LogP contribution is 2.13. The number of pyridine rings is 1. The molecule has 0 unspecified atom stereocenters. The monoisotopic (exact) mass is 178 g/mol. The zero-order valence-electron chi connectivity index (χ0n) is 7.36. The molecule has 0 radical (unpaired) electrons. The molecule has 0 fully saturated rings. The maximum absolute atomic E-state index is 9.81. The lowest BCUT2D eigenvalue weighted by Crippen LogP contribution is -1.96. The molecule has 0 bridgehead atoms. The van der Waals surface area contributed by atoms with Crippen LogP contribution < -0.4 is 4.74 Å². The Bertz CT molecular complexity index is 319. The summed E-state index contributed by atoms with van der Waals surface area (Å²) in [6.07, 6.45) is 3.79. The van der Waals surface area contributed by atoms with Crippen LogP contribution in [0.2, 0.25) is 0 Å². The van der Waals surface area contributed by atoms with Crippen LogP contribution in [0, 0.1) is 0 Å². The Balaban J connectivity index is 2.69. The molecule has 1 aromatic heterocycles. The third kappa shape index (κ3) is 2.69. The number of hydrogen-bond donors (Lipinski definition) is 0. The summed E-state index contributed by atoms with van der Waals surface area (Å²) in [6.45, 7) is 0.422. The van der Waals surface area contributed by atoms with Crippen LogP contribution in [0.4, 0.5) is 0 Å². The highest BCUT2D eigenvalue weighted by Gasteiger charge is 2.01. The Hall–Kier alpha value is -1.67. The fraction of sp³-hybridized carbons (Fsp3) is 0.333. The number of aromatic nitrogens is 1. The Labute approximate surface area is 76.3 Å². The number of methoxy groups -OCH3 is 1. The molecule has 1 aromatic rings. The van der Waals surface area contributed by atoms with Gasteiger partial charge in [-0.15, -0.1) is 0 Å². The zero-order chi connectivity index (χ0) is 9.52.